The largest absolute Gasteiger partial charge is 0.354 e. The Balaban J connectivity index is 0.00000225. The van der Waals surface area contributed by atoms with E-state index in [-0.39, 0.29) is 17.9 Å². The summed E-state index contributed by atoms with van der Waals surface area (Å²) in [7, 11) is 0. The van der Waals surface area contributed by atoms with E-state index in [4.69, 9.17) is 5.73 Å². The van der Waals surface area contributed by atoms with Crippen molar-refractivity contribution in [3.8, 4) is 0 Å². The normalized spacial score (nSPS) is 11.9. The molecule has 3 aromatic rings. The maximum absolute atomic E-state index is 6.81. The molecule has 0 saturated heterocycles. The predicted molar refractivity (Wildman–Crippen MR) is 113 cm³/mol. The molecule has 0 atom stereocenters. The fraction of sp³-hybridized carbons (Fsp3) is 0.455. The summed E-state index contributed by atoms with van der Waals surface area (Å²) in [6.45, 7) is 8.85. The highest BCUT2D eigenvalue weighted by Gasteiger charge is 2.25. The number of benzene rings is 2. The van der Waals surface area contributed by atoms with Crippen LogP contribution in [0.3, 0.4) is 0 Å². The average Bonchev–Trinajstić information content (AvgIpc) is 2.93. The van der Waals surface area contributed by atoms with Gasteiger partial charge in [-0.25, -0.2) is 0 Å². The lowest BCUT2D eigenvalue weighted by Crippen LogP contribution is -2.41. The first kappa shape index (κ1) is 19.8. The van der Waals surface area contributed by atoms with Crippen LogP contribution in [0.5, 0.6) is 0 Å². The van der Waals surface area contributed by atoms with E-state index < -0.39 is 0 Å². The zero-order valence-electron chi connectivity index (χ0n) is 15.9. The maximum atomic E-state index is 6.81. The van der Waals surface area contributed by atoms with Gasteiger partial charge in [-0.2, -0.15) is 0 Å². The second kappa shape index (κ2) is 7.80. The van der Waals surface area contributed by atoms with Crippen molar-refractivity contribution in [1.29, 1.82) is 0 Å². The maximum Gasteiger partial charge on any atom is 0.0497 e. The van der Waals surface area contributed by atoms with E-state index >= 15 is 0 Å². The van der Waals surface area contributed by atoms with Crippen molar-refractivity contribution < 1.29 is 0 Å². The fourth-order valence-corrected chi connectivity index (χ4v) is 4.25. The van der Waals surface area contributed by atoms with Crippen molar-refractivity contribution in [3.05, 3.63) is 47.0 Å². The smallest absolute Gasteiger partial charge is 0.0497 e. The first-order valence-corrected chi connectivity index (χ1v) is 9.27. The molecule has 0 spiro atoms. The van der Waals surface area contributed by atoms with Crippen LogP contribution >= 0.6 is 12.4 Å². The van der Waals surface area contributed by atoms with Crippen LogP contribution in [-0.2, 0) is 6.42 Å². The quantitative estimate of drug-likeness (QED) is 0.541. The summed E-state index contributed by atoms with van der Waals surface area (Å²) < 4.78 is 0. The molecule has 0 aliphatic rings. The van der Waals surface area contributed by atoms with Crippen LogP contribution in [0.1, 0.15) is 56.2 Å². The summed E-state index contributed by atoms with van der Waals surface area (Å²) in [4.78, 5) is 3.64. The number of aromatic amines is 1. The van der Waals surface area contributed by atoms with E-state index in [0.717, 1.165) is 32.1 Å². The number of H-pyrrole nitrogens is 1. The van der Waals surface area contributed by atoms with Crippen LogP contribution < -0.4 is 5.73 Å². The summed E-state index contributed by atoms with van der Waals surface area (Å²) in [5.74, 6) is 0. The minimum Gasteiger partial charge on any atom is -0.354 e. The van der Waals surface area contributed by atoms with Crippen LogP contribution in [0.25, 0.3) is 21.8 Å². The van der Waals surface area contributed by atoms with Gasteiger partial charge >= 0.3 is 0 Å². The van der Waals surface area contributed by atoms with Gasteiger partial charge in [-0.15, -0.1) is 12.4 Å². The lowest BCUT2D eigenvalue weighted by molar-refractivity contribution is 0.356. The van der Waals surface area contributed by atoms with Gasteiger partial charge in [0.25, 0.3) is 0 Å². The lowest BCUT2D eigenvalue weighted by Gasteiger charge is -2.29. The summed E-state index contributed by atoms with van der Waals surface area (Å²) in [6, 6.07) is 11.1. The van der Waals surface area contributed by atoms with Gasteiger partial charge in [0, 0.05) is 27.3 Å². The molecule has 0 amide bonds. The standard InChI is InChI=1S/C22H30N2.ClH/c1-5-12-22(23,13-6-2)14-17-8-7-9-18-20(17)19-15(3)10-11-16(4)21(19)24-18;/h7-11,24H,5-6,12-14,23H2,1-4H3;1H. The predicted octanol–water partition coefficient (Wildman–Crippen LogP) is 6.20. The van der Waals surface area contributed by atoms with Gasteiger partial charge in [0.05, 0.1) is 0 Å². The lowest BCUT2D eigenvalue weighted by atomic mass is 9.82. The molecule has 0 saturated carbocycles. The Kier molecular flexibility index (Phi) is 6.18. The molecule has 3 N–H and O–H groups in total. The molecule has 1 aromatic heterocycles. The summed E-state index contributed by atoms with van der Waals surface area (Å²) in [5.41, 5.74) is 13.2. The Bertz CT molecular complexity index is 857. The molecule has 3 rings (SSSR count). The number of nitrogens with two attached hydrogens (primary N) is 1. The second-order valence-electron chi connectivity index (χ2n) is 7.45. The first-order chi connectivity index (χ1) is 11.5. The van der Waals surface area contributed by atoms with Crippen molar-refractivity contribution in [3.63, 3.8) is 0 Å². The van der Waals surface area contributed by atoms with Crippen molar-refractivity contribution in [2.75, 3.05) is 0 Å². The van der Waals surface area contributed by atoms with E-state index in [9.17, 15) is 0 Å². The van der Waals surface area contributed by atoms with E-state index in [2.05, 4.69) is 63.0 Å². The fourth-order valence-electron chi connectivity index (χ4n) is 4.25. The monoisotopic (exact) mass is 358 g/mol. The molecule has 2 nitrogen and oxygen atoms in total. The SMILES string of the molecule is CCCC(N)(CCC)Cc1cccc2[nH]c3c(C)ccc(C)c3c12.Cl. The molecule has 0 fully saturated rings. The minimum absolute atomic E-state index is 0. The first-order valence-electron chi connectivity index (χ1n) is 9.27. The van der Waals surface area contributed by atoms with Crippen molar-refractivity contribution in [1.82, 2.24) is 4.98 Å². The highest BCUT2D eigenvalue weighted by molar-refractivity contribution is 6.11. The topological polar surface area (TPSA) is 41.8 Å². The zero-order valence-corrected chi connectivity index (χ0v) is 16.7. The molecule has 0 radical (unpaired) electrons. The second-order valence-corrected chi connectivity index (χ2v) is 7.45. The Morgan fingerprint density at radius 2 is 1.56 bits per heavy atom. The van der Waals surface area contributed by atoms with Crippen molar-refractivity contribution in [2.24, 2.45) is 5.73 Å². The van der Waals surface area contributed by atoms with Gasteiger partial charge in [0.15, 0.2) is 0 Å². The summed E-state index contributed by atoms with van der Waals surface area (Å²) in [6.07, 6.45) is 5.39. The number of fused-ring (bicyclic) bond motifs is 3. The molecule has 136 valence electrons. The number of aromatic nitrogens is 1. The number of nitrogens with one attached hydrogen (secondary N) is 1. The van der Waals surface area contributed by atoms with Crippen LogP contribution in [0.2, 0.25) is 0 Å². The molecule has 0 unspecified atom stereocenters. The average molecular weight is 359 g/mol. The van der Waals surface area contributed by atoms with E-state index in [1.54, 1.807) is 0 Å². The molecule has 0 bridgehead atoms. The number of rotatable bonds is 6. The molecule has 25 heavy (non-hydrogen) atoms. The van der Waals surface area contributed by atoms with Gasteiger partial charge in [-0.05, 0) is 55.9 Å². The van der Waals surface area contributed by atoms with Gasteiger partial charge in [0.2, 0.25) is 0 Å². The molecule has 2 aromatic carbocycles. The summed E-state index contributed by atoms with van der Waals surface area (Å²) in [5, 5.41) is 2.74. The van der Waals surface area contributed by atoms with Gasteiger partial charge in [-0.3, -0.25) is 0 Å². The third kappa shape index (κ3) is 3.70. The van der Waals surface area contributed by atoms with Crippen molar-refractivity contribution in [2.45, 2.75) is 65.3 Å². The van der Waals surface area contributed by atoms with Gasteiger partial charge in [-0.1, -0.05) is 51.0 Å². The highest BCUT2D eigenvalue weighted by Crippen LogP contribution is 2.35. The molecule has 0 aliphatic carbocycles. The van der Waals surface area contributed by atoms with Crippen LogP contribution in [0, 0.1) is 13.8 Å². The third-order valence-corrected chi connectivity index (χ3v) is 5.32. The Hall–Kier alpha value is -1.51. The minimum atomic E-state index is -0.0981. The Morgan fingerprint density at radius 3 is 2.20 bits per heavy atom. The molecule has 3 heteroatoms. The van der Waals surface area contributed by atoms with E-state index in [1.807, 2.05) is 0 Å². The molecular formula is C22H31ClN2. The van der Waals surface area contributed by atoms with Crippen LogP contribution in [0.4, 0.5) is 0 Å². The number of halogens is 1. The van der Waals surface area contributed by atoms with Crippen LogP contribution in [0.15, 0.2) is 30.3 Å². The zero-order chi connectivity index (χ0) is 17.3. The Morgan fingerprint density at radius 1 is 0.920 bits per heavy atom. The summed E-state index contributed by atoms with van der Waals surface area (Å²) >= 11 is 0. The van der Waals surface area contributed by atoms with Crippen LogP contribution in [-0.4, -0.2) is 10.5 Å². The van der Waals surface area contributed by atoms with Gasteiger partial charge < -0.3 is 10.7 Å². The number of aryl methyl sites for hydroxylation is 2. The number of hydrogen-bond acceptors (Lipinski definition) is 1. The molecule has 1 heterocycles. The Labute approximate surface area is 157 Å². The van der Waals surface area contributed by atoms with Crippen molar-refractivity contribution >= 4 is 34.2 Å². The number of hydrogen-bond donors (Lipinski definition) is 2. The highest BCUT2D eigenvalue weighted by atomic mass is 35.5. The van der Waals surface area contributed by atoms with E-state index in [1.165, 1.54) is 38.5 Å². The van der Waals surface area contributed by atoms with Gasteiger partial charge in [0.1, 0.15) is 0 Å². The molecule has 0 aliphatic heterocycles. The molecular weight excluding hydrogens is 328 g/mol. The third-order valence-electron chi connectivity index (χ3n) is 5.32. The van der Waals surface area contributed by atoms with E-state index in [0.29, 0.717) is 0 Å².